The smallest absolute Gasteiger partial charge is 0.150 e. The van der Waals surface area contributed by atoms with Gasteiger partial charge in [-0.15, -0.1) is 0 Å². The van der Waals surface area contributed by atoms with Gasteiger partial charge in [0.25, 0.3) is 0 Å². The first-order valence-corrected chi connectivity index (χ1v) is 7.66. The van der Waals surface area contributed by atoms with E-state index in [2.05, 4.69) is 0 Å². The van der Waals surface area contributed by atoms with E-state index in [0.717, 1.165) is 0 Å². The Kier molecular flexibility index (Phi) is 6.55. The summed E-state index contributed by atoms with van der Waals surface area (Å²) in [6, 6.07) is 0. The summed E-state index contributed by atoms with van der Waals surface area (Å²) in [6.45, 7) is 3.70. The van der Waals surface area contributed by atoms with Gasteiger partial charge in [-0.1, -0.05) is 24.9 Å². The van der Waals surface area contributed by atoms with E-state index < -0.39 is 20.9 Å². The fourth-order valence-corrected chi connectivity index (χ4v) is 3.40. The van der Waals surface area contributed by atoms with E-state index in [0.29, 0.717) is 12.8 Å². The molecule has 0 fully saturated rings. The first kappa shape index (κ1) is 14.1. The molecular weight excluding hydrogens is 224 g/mol. The Morgan fingerprint density at radius 3 is 2.29 bits per heavy atom. The van der Waals surface area contributed by atoms with E-state index >= 15 is 0 Å². The van der Waals surface area contributed by atoms with Crippen LogP contribution in [0.3, 0.4) is 0 Å². The number of unbranched alkanes of at least 4 members (excludes halogenated alkanes) is 1. The zero-order valence-corrected chi connectivity index (χ0v) is 10.2. The summed E-state index contributed by atoms with van der Waals surface area (Å²) < 4.78 is 43.0. The molecule has 0 N–H and O–H groups in total. The Morgan fingerprint density at radius 1 is 1.29 bits per heavy atom. The van der Waals surface area contributed by atoms with Crippen LogP contribution >= 0.6 is 0 Å². The van der Waals surface area contributed by atoms with Crippen LogP contribution in [0.5, 0.6) is 0 Å². The first-order valence-electron chi connectivity index (χ1n) is 4.60. The zero-order valence-electron chi connectivity index (χ0n) is 8.56. The van der Waals surface area contributed by atoms with E-state index in [9.17, 15) is 17.2 Å². The Hall–Kier alpha value is 0.0600. The van der Waals surface area contributed by atoms with Crippen LogP contribution in [0.15, 0.2) is 0 Å². The Bertz CT molecular complexity index is 269. The lowest BCUT2D eigenvalue weighted by atomic mass is 10.3. The molecule has 0 rings (SSSR count). The molecule has 0 saturated heterocycles. The minimum absolute atomic E-state index is 0.0528. The van der Waals surface area contributed by atoms with E-state index in [1.165, 1.54) is 0 Å². The van der Waals surface area contributed by atoms with Crippen molar-refractivity contribution in [3.8, 4) is 0 Å². The van der Waals surface area contributed by atoms with Crippen molar-refractivity contribution in [3.05, 3.63) is 0 Å². The molecule has 0 amide bonds. The lowest BCUT2D eigenvalue weighted by molar-refractivity contribution is 0.533. The van der Waals surface area contributed by atoms with Crippen LogP contribution < -0.4 is 0 Å². The molecule has 0 bridgehead atoms. The highest BCUT2D eigenvalue weighted by Gasteiger charge is 2.12. The van der Waals surface area contributed by atoms with Crippen molar-refractivity contribution in [1.29, 1.82) is 0 Å². The third kappa shape index (κ3) is 8.65. The van der Waals surface area contributed by atoms with Gasteiger partial charge in [0.1, 0.15) is 0 Å². The van der Waals surface area contributed by atoms with Crippen LogP contribution in [-0.4, -0.2) is 34.4 Å². The summed E-state index contributed by atoms with van der Waals surface area (Å²) in [5.74, 6) is 0.473. The van der Waals surface area contributed by atoms with Crippen LogP contribution in [-0.2, 0) is 20.9 Å². The maximum atomic E-state index is 11.3. The second-order valence-corrected chi connectivity index (χ2v) is 6.97. The molecule has 0 saturated carbocycles. The minimum atomic E-state index is -2.98. The van der Waals surface area contributed by atoms with Gasteiger partial charge in [-0.05, 0) is 18.8 Å². The molecular formula is C8H17O4S2-. The predicted molar refractivity (Wildman–Crippen MR) is 56.5 cm³/mol. The maximum absolute atomic E-state index is 11.3. The van der Waals surface area contributed by atoms with Crippen molar-refractivity contribution in [2.45, 2.75) is 26.7 Å². The van der Waals surface area contributed by atoms with Gasteiger partial charge in [0.2, 0.25) is 0 Å². The molecule has 1 atom stereocenters. The average molecular weight is 241 g/mol. The average Bonchev–Trinajstić information content (AvgIpc) is 1.95. The molecule has 0 aliphatic carbocycles. The summed E-state index contributed by atoms with van der Waals surface area (Å²) >= 11 is -2.05. The highest BCUT2D eigenvalue weighted by Crippen LogP contribution is 2.04. The first-order chi connectivity index (χ1) is 6.33. The van der Waals surface area contributed by atoms with Crippen LogP contribution in [0.1, 0.15) is 26.7 Å². The summed E-state index contributed by atoms with van der Waals surface area (Å²) in [5.41, 5.74) is 0. The topological polar surface area (TPSA) is 74.3 Å². The summed E-state index contributed by atoms with van der Waals surface area (Å²) in [6.07, 6.45) is 0.858. The standard InChI is InChI=1S/C8H18O4S2/c1-8(2)7-14(11,12)6-4-3-5-13(9)10/h8H,3-7H2,1-2H3,(H,9,10)/p-1. The van der Waals surface area contributed by atoms with Crippen LogP contribution in [0.25, 0.3) is 0 Å². The van der Waals surface area contributed by atoms with Gasteiger partial charge in [-0.25, -0.2) is 8.42 Å². The largest absolute Gasteiger partial charge is 0.772 e. The van der Waals surface area contributed by atoms with Crippen molar-refractivity contribution in [2.75, 3.05) is 17.3 Å². The molecule has 1 unspecified atom stereocenters. The molecule has 0 aromatic carbocycles. The van der Waals surface area contributed by atoms with Gasteiger partial charge >= 0.3 is 0 Å². The van der Waals surface area contributed by atoms with Crippen molar-refractivity contribution in [3.63, 3.8) is 0 Å². The number of rotatable bonds is 7. The van der Waals surface area contributed by atoms with Gasteiger partial charge in [-0.2, -0.15) is 0 Å². The lowest BCUT2D eigenvalue weighted by Crippen LogP contribution is -2.15. The summed E-state index contributed by atoms with van der Waals surface area (Å²) in [5, 5.41) is 0. The molecule has 6 heteroatoms. The van der Waals surface area contributed by atoms with Gasteiger partial charge in [0.15, 0.2) is 9.84 Å². The van der Waals surface area contributed by atoms with Gasteiger partial charge < -0.3 is 4.55 Å². The Labute approximate surface area is 88.3 Å². The number of hydrogen-bond acceptors (Lipinski definition) is 4. The van der Waals surface area contributed by atoms with Crippen LogP contribution in [0, 0.1) is 5.92 Å². The number of hydrogen-bond donors (Lipinski definition) is 0. The SMILES string of the molecule is CC(C)CS(=O)(=O)CCCCS(=O)[O-]. The minimum Gasteiger partial charge on any atom is -0.772 e. The second kappa shape index (κ2) is 6.53. The van der Waals surface area contributed by atoms with Crippen molar-refractivity contribution >= 4 is 20.9 Å². The van der Waals surface area contributed by atoms with E-state index in [4.69, 9.17) is 0 Å². The van der Waals surface area contributed by atoms with Crippen molar-refractivity contribution < 1.29 is 17.2 Å². The van der Waals surface area contributed by atoms with Crippen LogP contribution in [0.2, 0.25) is 0 Å². The highest BCUT2D eigenvalue weighted by molar-refractivity contribution is 7.91. The van der Waals surface area contributed by atoms with E-state index in [1.807, 2.05) is 13.8 Å². The molecule has 0 aromatic rings. The molecule has 0 radical (unpaired) electrons. The maximum Gasteiger partial charge on any atom is 0.150 e. The number of sulfone groups is 1. The van der Waals surface area contributed by atoms with Crippen molar-refractivity contribution in [1.82, 2.24) is 0 Å². The third-order valence-electron chi connectivity index (χ3n) is 1.60. The molecule has 0 heterocycles. The molecule has 4 nitrogen and oxygen atoms in total. The quantitative estimate of drug-likeness (QED) is 0.486. The Morgan fingerprint density at radius 2 is 1.86 bits per heavy atom. The van der Waals surface area contributed by atoms with E-state index in [1.54, 1.807) is 0 Å². The second-order valence-electron chi connectivity index (χ2n) is 3.72. The van der Waals surface area contributed by atoms with Gasteiger partial charge in [-0.3, -0.25) is 4.21 Å². The normalized spacial score (nSPS) is 14.6. The lowest BCUT2D eigenvalue weighted by Gasteiger charge is -2.07. The molecule has 0 aromatic heterocycles. The summed E-state index contributed by atoms with van der Waals surface area (Å²) in [4.78, 5) is 0. The third-order valence-corrected chi connectivity index (χ3v) is 4.31. The predicted octanol–water partition coefficient (Wildman–Crippen LogP) is 0.717. The molecule has 0 aliphatic heterocycles. The molecule has 0 aliphatic rings. The van der Waals surface area contributed by atoms with Crippen LogP contribution in [0.4, 0.5) is 0 Å². The monoisotopic (exact) mass is 241 g/mol. The fourth-order valence-electron chi connectivity index (χ4n) is 1.13. The Balaban J connectivity index is 3.72. The summed E-state index contributed by atoms with van der Waals surface area (Å²) in [7, 11) is -2.98. The van der Waals surface area contributed by atoms with E-state index in [-0.39, 0.29) is 23.2 Å². The fraction of sp³-hybridized carbons (Fsp3) is 1.00. The van der Waals surface area contributed by atoms with Crippen molar-refractivity contribution in [2.24, 2.45) is 5.92 Å². The molecule has 0 spiro atoms. The zero-order chi connectivity index (χ0) is 11.2. The highest BCUT2D eigenvalue weighted by atomic mass is 32.2. The molecule has 86 valence electrons. The van der Waals surface area contributed by atoms with Gasteiger partial charge in [0.05, 0.1) is 11.5 Å². The van der Waals surface area contributed by atoms with Gasteiger partial charge in [0, 0.05) is 5.75 Å². The molecule has 14 heavy (non-hydrogen) atoms.